The van der Waals surface area contributed by atoms with E-state index in [4.69, 9.17) is 0 Å². The van der Waals surface area contributed by atoms with E-state index >= 15 is 0 Å². The Balaban J connectivity index is 0. The van der Waals surface area contributed by atoms with Gasteiger partial charge in [0.05, 0.1) is 0 Å². The van der Waals surface area contributed by atoms with E-state index in [9.17, 15) is 0 Å². The molecule has 7 heteroatoms. The van der Waals surface area contributed by atoms with E-state index < -0.39 is 0 Å². The molecule has 0 radical (unpaired) electrons. The quantitative estimate of drug-likeness (QED) is 0.257. The van der Waals surface area contributed by atoms with Gasteiger partial charge in [0, 0.05) is 0 Å². The first-order chi connectivity index (χ1) is 0. The third-order valence-corrected chi connectivity index (χ3v) is 0. The van der Waals surface area contributed by atoms with Crippen molar-refractivity contribution in [3.05, 3.63) is 0 Å². The van der Waals surface area contributed by atoms with E-state index in [0.29, 0.717) is 0 Å². The third-order valence-electron chi connectivity index (χ3n) is 0. The van der Waals surface area contributed by atoms with Gasteiger partial charge in [-0.1, -0.05) is 0 Å². The van der Waals surface area contributed by atoms with Gasteiger partial charge in [-0.3, -0.25) is 0 Å². The van der Waals surface area contributed by atoms with Crippen molar-refractivity contribution in [3.63, 3.8) is 0 Å². The topological polar surface area (TPSA) is 206 Å². The molecule has 18 N–H and O–H groups in total. The van der Waals surface area contributed by atoms with Gasteiger partial charge in [-0.05, 0) is 0 Å². The molecule has 0 rings (SSSR count). The molecule has 56 valence electrons. The van der Waals surface area contributed by atoms with Crippen molar-refractivity contribution < 1.29 is 27.4 Å². The molecule has 0 fully saturated rings. The predicted molar refractivity (Wildman–Crippen MR) is 29.8 cm³/mol. The van der Waals surface area contributed by atoms with Crippen LogP contribution in [0.1, 0.15) is 0 Å². The summed E-state index contributed by atoms with van der Waals surface area (Å²) in [6, 6.07) is 0. The monoisotopic (exact) mass is 164 g/mol. The smallest absolute Gasteiger partial charge is 0.457 e. The van der Waals surface area contributed by atoms with Crippen LogP contribution in [0.2, 0.25) is 0 Å². The third kappa shape index (κ3) is 1760. The van der Waals surface area contributed by atoms with Crippen LogP contribution in [0.5, 0.6) is 0 Å². The first kappa shape index (κ1) is 4410. The molecule has 0 aliphatic carbocycles. The van der Waals surface area contributed by atoms with Crippen LogP contribution in [-0.2, 0) is 27.4 Å². The Morgan fingerprint density at radius 2 is 0.429 bits per heavy atom. The van der Waals surface area contributed by atoms with Crippen molar-refractivity contribution >= 4 is 0 Å². The molecule has 0 aromatic rings. The van der Waals surface area contributed by atoms with Crippen LogP contribution in [0.3, 0.4) is 0 Å². The molecule has 6 nitrogen and oxygen atoms in total. The van der Waals surface area contributed by atoms with Crippen LogP contribution in [0.25, 0.3) is 0 Å². The zero-order valence-corrected chi connectivity index (χ0v) is 5.29. The second-order valence-electron chi connectivity index (χ2n) is 0. The molecule has 0 spiro atoms. The molecule has 0 saturated heterocycles. The molecular formula is H18N4NiO2+4. The minimum absolute atomic E-state index is 0. The Hall–Kier alpha value is 0.254. The van der Waals surface area contributed by atoms with Crippen LogP contribution < -0.4 is 24.6 Å². The van der Waals surface area contributed by atoms with Crippen LogP contribution in [0, 0.1) is 0 Å². The van der Waals surface area contributed by atoms with Gasteiger partial charge < -0.3 is 35.6 Å². The normalized spacial score (nSPS) is 0. The minimum atomic E-state index is 0. The molecule has 0 aromatic carbocycles. The summed E-state index contributed by atoms with van der Waals surface area (Å²) in [6.07, 6.45) is 0. The fourth-order valence-corrected chi connectivity index (χ4v) is 0. The molecular weight excluding hydrogens is 147 g/mol. The van der Waals surface area contributed by atoms with Crippen molar-refractivity contribution in [3.8, 4) is 0 Å². The average molecular weight is 165 g/mol. The molecule has 0 heterocycles. The Morgan fingerprint density at radius 1 is 0.429 bits per heavy atom. The van der Waals surface area contributed by atoms with Crippen LogP contribution in [0.4, 0.5) is 0 Å². The first-order valence-electron chi connectivity index (χ1n) is 0. The predicted octanol–water partition coefficient (Wildman–Crippen LogP) is -1.20. The van der Waals surface area contributed by atoms with E-state index in [0.717, 1.165) is 0 Å². The van der Waals surface area contributed by atoms with E-state index in [1.54, 1.807) is 0 Å². The van der Waals surface area contributed by atoms with Gasteiger partial charge in [0.1, 0.15) is 0 Å². The fraction of sp³-hybridized carbons (Fsp3) is 0. The van der Waals surface area contributed by atoms with Crippen molar-refractivity contribution in [2.75, 3.05) is 0 Å². The maximum absolute atomic E-state index is 0. The molecule has 0 aromatic heterocycles. The van der Waals surface area contributed by atoms with Crippen molar-refractivity contribution in [1.82, 2.24) is 24.6 Å². The van der Waals surface area contributed by atoms with Gasteiger partial charge in [0.25, 0.3) is 0 Å². The van der Waals surface area contributed by atoms with E-state index in [1.165, 1.54) is 0 Å². The molecule has 0 saturated carbocycles. The second kappa shape index (κ2) is 2690. The first-order valence-corrected chi connectivity index (χ1v) is 0. The average Bonchev–Trinajstić information content (AvgIpc) is 0. The molecule has 7 heavy (non-hydrogen) atoms. The van der Waals surface area contributed by atoms with Crippen molar-refractivity contribution in [2.45, 2.75) is 0 Å². The summed E-state index contributed by atoms with van der Waals surface area (Å²) < 4.78 is 0. The molecule has 0 unspecified atom stereocenters. The van der Waals surface area contributed by atoms with Gasteiger partial charge in [0.2, 0.25) is 0 Å². The zero-order chi connectivity index (χ0) is 0. The summed E-state index contributed by atoms with van der Waals surface area (Å²) in [7, 11) is 0. The van der Waals surface area contributed by atoms with Gasteiger partial charge in [0.15, 0.2) is 0 Å². The Bertz CT molecular complexity index is 9.65. The summed E-state index contributed by atoms with van der Waals surface area (Å²) in [5.41, 5.74) is 0. The Kier molecular flexibility index (Phi) is 1690000. The summed E-state index contributed by atoms with van der Waals surface area (Å²) >= 11 is 0. The minimum Gasteiger partial charge on any atom is -0.457 e. The van der Waals surface area contributed by atoms with Crippen molar-refractivity contribution in [1.29, 1.82) is 0 Å². The molecule has 0 amide bonds. The maximum atomic E-state index is 0. The Labute approximate surface area is 52.9 Å². The van der Waals surface area contributed by atoms with Gasteiger partial charge in [-0.25, -0.2) is 0 Å². The standard InChI is InChI=1S/4H3N.Ni.2H2O/h4*1H3;;2*1H2/q;;;;+2;;/p+2. The van der Waals surface area contributed by atoms with Gasteiger partial charge in [-0.2, -0.15) is 0 Å². The zero-order valence-electron chi connectivity index (χ0n) is 4.30. The van der Waals surface area contributed by atoms with E-state index in [1.807, 2.05) is 0 Å². The summed E-state index contributed by atoms with van der Waals surface area (Å²) in [4.78, 5) is 0. The SMILES string of the molecule is N.N.N.N.[Ni+2].[OH3+].[OH3+]. The van der Waals surface area contributed by atoms with Crippen LogP contribution >= 0.6 is 0 Å². The van der Waals surface area contributed by atoms with Crippen LogP contribution in [-0.4, -0.2) is 0 Å². The van der Waals surface area contributed by atoms with Gasteiger partial charge >= 0.3 is 16.5 Å². The van der Waals surface area contributed by atoms with Gasteiger partial charge in [-0.15, -0.1) is 0 Å². The largest absolute Gasteiger partial charge is 2.00 e. The summed E-state index contributed by atoms with van der Waals surface area (Å²) in [5.74, 6) is 0. The van der Waals surface area contributed by atoms with E-state index in [-0.39, 0.29) is 52.0 Å². The fourth-order valence-electron chi connectivity index (χ4n) is 0. The number of hydrogen-bond acceptors (Lipinski definition) is 4. The molecule has 0 aliphatic heterocycles. The van der Waals surface area contributed by atoms with E-state index in [2.05, 4.69) is 0 Å². The molecule has 0 atom stereocenters. The second-order valence-corrected chi connectivity index (χ2v) is 0. The Morgan fingerprint density at radius 3 is 0.429 bits per heavy atom. The number of rotatable bonds is 0. The summed E-state index contributed by atoms with van der Waals surface area (Å²) in [6.45, 7) is 0. The molecule has 0 bridgehead atoms. The number of hydrogen-bond donors (Lipinski definition) is 4. The molecule has 0 aliphatic rings. The van der Waals surface area contributed by atoms with Crippen LogP contribution in [0.15, 0.2) is 0 Å². The van der Waals surface area contributed by atoms with Crippen molar-refractivity contribution in [2.24, 2.45) is 0 Å². The summed E-state index contributed by atoms with van der Waals surface area (Å²) in [5, 5.41) is 0. The maximum Gasteiger partial charge on any atom is 2.00 e.